The molecule has 1 aliphatic rings. The van der Waals surface area contributed by atoms with Crippen molar-refractivity contribution in [3.05, 3.63) is 73.3 Å². The van der Waals surface area contributed by atoms with E-state index in [0.717, 1.165) is 12.1 Å². The quantitative estimate of drug-likeness (QED) is 0.798. The monoisotopic (exact) mass is 334 g/mol. The molecule has 0 unspecified atom stereocenters. The number of alkyl halides is 3. The Morgan fingerprint density at radius 2 is 1.79 bits per heavy atom. The van der Waals surface area contributed by atoms with Crippen LogP contribution in [0.5, 0.6) is 0 Å². The molecular formula is C17H11F3NO3. The van der Waals surface area contributed by atoms with Gasteiger partial charge in [0.15, 0.2) is 12.4 Å². The lowest BCUT2D eigenvalue weighted by Gasteiger charge is -2.06. The van der Waals surface area contributed by atoms with Gasteiger partial charge >= 0.3 is 12.1 Å². The highest BCUT2D eigenvalue weighted by Crippen LogP contribution is 2.31. The zero-order valence-electron chi connectivity index (χ0n) is 12.2. The minimum atomic E-state index is -4.39. The minimum Gasteiger partial charge on any atom is -0.457 e. The summed E-state index contributed by atoms with van der Waals surface area (Å²) in [4.78, 5) is 11.7. The predicted molar refractivity (Wildman–Crippen MR) is 77.2 cm³/mol. The summed E-state index contributed by atoms with van der Waals surface area (Å²) in [5.41, 5.74) is 0.0991. The normalized spacial score (nSPS) is 15.6. The smallest absolute Gasteiger partial charge is 0.416 e. The number of esters is 1. The van der Waals surface area contributed by atoms with Gasteiger partial charge in [-0.2, -0.15) is 13.2 Å². The van der Waals surface area contributed by atoms with Gasteiger partial charge in [0.25, 0.3) is 0 Å². The maximum Gasteiger partial charge on any atom is 0.416 e. The lowest BCUT2D eigenvalue weighted by atomic mass is 10.1. The molecule has 0 saturated heterocycles. The van der Waals surface area contributed by atoms with Crippen molar-refractivity contribution in [3.63, 3.8) is 0 Å². The number of hydrogen-bond donors (Lipinski definition) is 0. The lowest BCUT2D eigenvalue weighted by molar-refractivity contribution is -0.142. The molecule has 1 fully saturated rings. The molecule has 1 heterocycles. The maximum atomic E-state index is 12.5. The average molecular weight is 334 g/mol. The number of carbonyl (C=O) groups is 1. The van der Waals surface area contributed by atoms with Crippen LogP contribution in [0.2, 0.25) is 0 Å². The molecule has 5 radical (unpaired) electrons. The summed E-state index contributed by atoms with van der Waals surface area (Å²) in [6.07, 6.45) is 2.29. The van der Waals surface area contributed by atoms with E-state index in [1.807, 2.05) is 0 Å². The second kappa shape index (κ2) is 6.67. The maximum absolute atomic E-state index is 12.5. The van der Waals surface area contributed by atoms with Crippen LogP contribution in [0.15, 0.2) is 34.9 Å². The predicted octanol–water partition coefficient (Wildman–Crippen LogP) is 3.81. The van der Waals surface area contributed by atoms with E-state index < -0.39 is 17.7 Å². The molecular weight excluding hydrogens is 323 g/mol. The Morgan fingerprint density at radius 1 is 1.12 bits per heavy atom. The summed E-state index contributed by atoms with van der Waals surface area (Å²) >= 11 is 0. The Balaban J connectivity index is 1.61. The van der Waals surface area contributed by atoms with Crippen LogP contribution < -0.4 is 0 Å². The van der Waals surface area contributed by atoms with Crippen molar-refractivity contribution >= 4 is 5.97 Å². The molecule has 0 aliphatic heterocycles. The summed E-state index contributed by atoms with van der Waals surface area (Å²) in [5.74, 6) is 0.231. The number of carbonyl (C=O) groups excluding carboxylic acids is 1. The molecule has 4 nitrogen and oxygen atoms in total. The Bertz CT molecular complexity index is 701. The number of benzene rings is 1. The van der Waals surface area contributed by atoms with Crippen LogP contribution in [-0.4, -0.2) is 11.1 Å². The van der Waals surface area contributed by atoms with E-state index in [1.165, 1.54) is 18.2 Å². The first-order valence-corrected chi connectivity index (χ1v) is 6.95. The van der Waals surface area contributed by atoms with Gasteiger partial charge in [-0.05, 0) is 37.8 Å². The zero-order valence-corrected chi connectivity index (χ0v) is 12.2. The minimum absolute atomic E-state index is 0.113. The molecule has 3 rings (SSSR count). The number of ether oxygens (including phenoxy) is 1. The van der Waals surface area contributed by atoms with Gasteiger partial charge in [0.2, 0.25) is 0 Å². The first-order chi connectivity index (χ1) is 11.4. The van der Waals surface area contributed by atoms with E-state index >= 15 is 0 Å². The highest BCUT2D eigenvalue weighted by Gasteiger charge is 2.30. The van der Waals surface area contributed by atoms with Crippen molar-refractivity contribution in [2.24, 2.45) is 0 Å². The van der Waals surface area contributed by atoms with Gasteiger partial charge in [0.05, 0.1) is 11.5 Å². The highest BCUT2D eigenvalue weighted by molar-refractivity contribution is 5.91. The van der Waals surface area contributed by atoms with Crippen molar-refractivity contribution in [1.82, 2.24) is 5.16 Å². The SMILES string of the molecule is O=C(OCc1cc(-c2ccc(C(F)(F)F)cc2)no1)[C]1[CH][CH][CH][CH]1. The molecule has 1 saturated carbocycles. The molecule has 0 spiro atoms. The third-order valence-corrected chi connectivity index (χ3v) is 3.31. The number of hydrogen-bond acceptors (Lipinski definition) is 4. The highest BCUT2D eigenvalue weighted by atomic mass is 19.4. The molecule has 2 aromatic rings. The van der Waals surface area contributed by atoms with Crippen LogP contribution in [-0.2, 0) is 22.3 Å². The van der Waals surface area contributed by atoms with Gasteiger partial charge in [-0.1, -0.05) is 17.3 Å². The van der Waals surface area contributed by atoms with E-state index in [2.05, 4.69) is 5.16 Å². The van der Waals surface area contributed by atoms with Gasteiger partial charge in [-0.15, -0.1) is 0 Å². The molecule has 123 valence electrons. The summed E-state index contributed by atoms with van der Waals surface area (Å²) in [6.45, 7) is -0.113. The summed E-state index contributed by atoms with van der Waals surface area (Å²) in [5, 5.41) is 3.77. The fourth-order valence-electron chi connectivity index (χ4n) is 2.08. The van der Waals surface area contributed by atoms with Crippen LogP contribution in [0, 0.1) is 31.6 Å². The molecule has 7 heteroatoms. The van der Waals surface area contributed by atoms with Gasteiger partial charge in [0, 0.05) is 11.6 Å². The molecule has 0 amide bonds. The molecule has 1 aliphatic carbocycles. The number of aromatic nitrogens is 1. The number of rotatable bonds is 4. The number of halogens is 3. The number of nitrogens with zero attached hydrogens (tertiary/aromatic N) is 1. The van der Waals surface area contributed by atoms with Gasteiger partial charge in [-0.3, -0.25) is 4.79 Å². The Hall–Kier alpha value is -2.31. The van der Waals surface area contributed by atoms with Gasteiger partial charge in [-0.25, -0.2) is 0 Å². The summed E-state index contributed by atoms with van der Waals surface area (Å²) < 4.78 is 47.7. The average Bonchev–Trinajstić information content (AvgIpc) is 3.23. The summed E-state index contributed by atoms with van der Waals surface area (Å²) in [6, 6.07) is 6.07. The Labute approximate surface area is 136 Å². The third kappa shape index (κ3) is 3.77. The molecule has 0 N–H and O–H groups in total. The van der Waals surface area contributed by atoms with E-state index in [4.69, 9.17) is 9.26 Å². The van der Waals surface area contributed by atoms with Crippen LogP contribution in [0.1, 0.15) is 11.3 Å². The van der Waals surface area contributed by atoms with Crippen LogP contribution in [0.25, 0.3) is 11.3 Å². The van der Waals surface area contributed by atoms with Gasteiger partial charge in [0.1, 0.15) is 5.69 Å². The second-order valence-corrected chi connectivity index (χ2v) is 5.00. The molecule has 0 atom stereocenters. The largest absolute Gasteiger partial charge is 0.457 e. The van der Waals surface area contributed by atoms with Crippen LogP contribution in [0.3, 0.4) is 0 Å². The Kier molecular flexibility index (Phi) is 4.59. The van der Waals surface area contributed by atoms with E-state index in [-0.39, 0.29) is 6.61 Å². The second-order valence-electron chi connectivity index (χ2n) is 5.00. The standard InChI is InChI=1S/C17H11F3NO3/c18-17(19,20)13-7-5-11(6-8-13)15-9-14(24-21-15)10-23-16(22)12-3-1-2-4-12/h1-9H,10H2. The van der Waals surface area contributed by atoms with Gasteiger partial charge < -0.3 is 9.26 Å². The first-order valence-electron chi connectivity index (χ1n) is 6.95. The van der Waals surface area contributed by atoms with E-state index in [0.29, 0.717) is 22.9 Å². The van der Waals surface area contributed by atoms with Crippen molar-refractivity contribution in [3.8, 4) is 11.3 Å². The lowest BCUT2D eigenvalue weighted by Crippen LogP contribution is -2.13. The van der Waals surface area contributed by atoms with E-state index in [1.54, 1.807) is 25.7 Å². The van der Waals surface area contributed by atoms with Crippen LogP contribution >= 0.6 is 0 Å². The fourth-order valence-corrected chi connectivity index (χ4v) is 2.08. The molecule has 1 aromatic heterocycles. The van der Waals surface area contributed by atoms with Crippen molar-refractivity contribution in [2.75, 3.05) is 0 Å². The summed E-state index contributed by atoms with van der Waals surface area (Å²) in [7, 11) is 0. The zero-order chi connectivity index (χ0) is 17.2. The molecule has 1 aromatic carbocycles. The van der Waals surface area contributed by atoms with E-state index in [9.17, 15) is 18.0 Å². The van der Waals surface area contributed by atoms with Crippen molar-refractivity contribution < 1.29 is 27.2 Å². The third-order valence-electron chi connectivity index (χ3n) is 3.31. The van der Waals surface area contributed by atoms with Crippen molar-refractivity contribution in [2.45, 2.75) is 12.8 Å². The first kappa shape index (κ1) is 16.5. The van der Waals surface area contributed by atoms with Crippen LogP contribution in [0.4, 0.5) is 13.2 Å². The van der Waals surface area contributed by atoms with Crippen molar-refractivity contribution in [1.29, 1.82) is 0 Å². The molecule has 0 bridgehead atoms. The Morgan fingerprint density at radius 3 is 2.42 bits per heavy atom. The fraction of sp³-hybridized carbons (Fsp3) is 0.118. The topological polar surface area (TPSA) is 52.3 Å². The molecule has 24 heavy (non-hydrogen) atoms.